The molecule has 0 radical (unpaired) electrons. The molecule has 0 aliphatic carbocycles. The summed E-state index contributed by atoms with van der Waals surface area (Å²) in [6.07, 6.45) is 6.60. The van der Waals surface area contributed by atoms with Gasteiger partial charge in [0, 0.05) is 5.57 Å². The Morgan fingerprint density at radius 3 is 2.48 bits per heavy atom. The lowest BCUT2D eigenvalue weighted by Crippen LogP contribution is -2.33. The van der Waals surface area contributed by atoms with Crippen LogP contribution in [0.15, 0.2) is 91.1 Å². The van der Waals surface area contributed by atoms with Gasteiger partial charge in [-0.1, -0.05) is 55.1 Å². The zero-order valence-corrected chi connectivity index (χ0v) is 15.1. The van der Waals surface area contributed by atoms with Crippen LogP contribution in [0.3, 0.4) is 0 Å². The van der Waals surface area contributed by atoms with Crippen LogP contribution in [0.4, 0.5) is 5.69 Å². The Balaban J connectivity index is 1.98. The molecule has 0 fully saturated rings. The third-order valence-electron chi connectivity index (χ3n) is 3.49. The van der Waals surface area contributed by atoms with Gasteiger partial charge in [-0.05, 0) is 37.3 Å². The third-order valence-corrected chi connectivity index (χ3v) is 3.49. The quantitative estimate of drug-likeness (QED) is 0.546. The van der Waals surface area contributed by atoms with Crippen molar-refractivity contribution >= 4 is 17.5 Å². The highest BCUT2D eigenvalue weighted by Crippen LogP contribution is 2.28. The van der Waals surface area contributed by atoms with Crippen LogP contribution in [0.1, 0.15) is 6.92 Å². The van der Waals surface area contributed by atoms with Gasteiger partial charge in [-0.15, -0.1) is 0 Å². The molecule has 5 heteroatoms. The zero-order valence-electron chi connectivity index (χ0n) is 15.1. The van der Waals surface area contributed by atoms with Gasteiger partial charge in [-0.2, -0.15) is 0 Å². The largest absolute Gasteiger partial charge is 0.455 e. The van der Waals surface area contributed by atoms with Crippen molar-refractivity contribution in [2.75, 3.05) is 11.9 Å². The van der Waals surface area contributed by atoms with E-state index in [4.69, 9.17) is 4.74 Å². The van der Waals surface area contributed by atoms with Crippen LogP contribution >= 0.6 is 0 Å². The SMILES string of the molecule is C=C/C(=C\C=C/C)C(=O)NCC(=O)Nc1ccccc1Oc1ccccc1. The van der Waals surface area contributed by atoms with E-state index in [0.29, 0.717) is 22.8 Å². The Morgan fingerprint density at radius 2 is 1.78 bits per heavy atom. The topological polar surface area (TPSA) is 67.4 Å². The van der Waals surface area contributed by atoms with Gasteiger partial charge in [0.1, 0.15) is 5.75 Å². The molecule has 2 aromatic carbocycles. The predicted molar refractivity (Wildman–Crippen MR) is 108 cm³/mol. The minimum absolute atomic E-state index is 0.167. The highest BCUT2D eigenvalue weighted by molar-refractivity contribution is 6.00. The van der Waals surface area contributed by atoms with Gasteiger partial charge in [-0.25, -0.2) is 0 Å². The van der Waals surface area contributed by atoms with Gasteiger partial charge in [0.25, 0.3) is 5.91 Å². The number of hydrogen-bond acceptors (Lipinski definition) is 3. The Kier molecular flexibility index (Phi) is 7.60. The number of benzene rings is 2. The summed E-state index contributed by atoms with van der Waals surface area (Å²) in [4.78, 5) is 24.3. The Labute approximate surface area is 159 Å². The number of nitrogens with one attached hydrogen (secondary N) is 2. The normalized spacial score (nSPS) is 11.1. The van der Waals surface area contributed by atoms with Crippen LogP contribution in [0.5, 0.6) is 11.5 Å². The number of allylic oxidation sites excluding steroid dienone is 3. The summed E-state index contributed by atoms with van der Waals surface area (Å²) in [5, 5.41) is 5.31. The molecule has 27 heavy (non-hydrogen) atoms. The minimum Gasteiger partial charge on any atom is -0.455 e. The van der Waals surface area contributed by atoms with Crippen molar-refractivity contribution < 1.29 is 14.3 Å². The molecule has 0 heterocycles. The fourth-order valence-electron chi connectivity index (χ4n) is 2.17. The number of anilines is 1. The van der Waals surface area contributed by atoms with E-state index in [1.165, 1.54) is 6.08 Å². The standard InChI is InChI=1S/C22H22N2O3/c1-3-5-11-17(4-2)22(26)23-16-21(25)24-19-14-9-10-15-20(19)27-18-12-7-6-8-13-18/h3-15H,2,16H2,1H3,(H,23,26)(H,24,25)/b5-3-,17-11+. The number of amides is 2. The predicted octanol–water partition coefficient (Wildman–Crippen LogP) is 4.22. The number of carbonyl (C=O) groups is 2. The molecule has 2 N–H and O–H groups in total. The minimum atomic E-state index is -0.368. The van der Waals surface area contributed by atoms with Crippen LogP contribution in [0.2, 0.25) is 0 Å². The second-order valence-electron chi connectivity index (χ2n) is 5.49. The molecule has 0 bridgehead atoms. The lowest BCUT2D eigenvalue weighted by Gasteiger charge is -2.12. The molecule has 0 spiro atoms. The number of para-hydroxylation sites is 3. The molecule has 0 saturated heterocycles. The number of hydrogen-bond donors (Lipinski definition) is 2. The van der Waals surface area contributed by atoms with Gasteiger partial charge < -0.3 is 15.4 Å². The van der Waals surface area contributed by atoms with E-state index >= 15 is 0 Å². The van der Waals surface area contributed by atoms with Gasteiger partial charge in [0.2, 0.25) is 5.91 Å². The van der Waals surface area contributed by atoms with Crippen molar-refractivity contribution in [3.05, 3.63) is 91.1 Å². The van der Waals surface area contributed by atoms with E-state index in [9.17, 15) is 9.59 Å². The van der Waals surface area contributed by atoms with E-state index in [1.54, 1.807) is 36.4 Å². The van der Waals surface area contributed by atoms with Crippen molar-refractivity contribution in [2.24, 2.45) is 0 Å². The summed E-state index contributed by atoms with van der Waals surface area (Å²) in [7, 11) is 0. The smallest absolute Gasteiger partial charge is 0.251 e. The molecule has 138 valence electrons. The van der Waals surface area contributed by atoms with E-state index < -0.39 is 0 Å². The van der Waals surface area contributed by atoms with Gasteiger partial charge in [0.15, 0.2) is 5.75 Å². The maximum Gasteiger partial charge on any atom is 0.251 e. The maximum absolute atomic E-state index is 12.2. The van der Waals surface area contributed by atoms with Crippen molar-refractivity contribution in [3.63, 3.8) is 0 Å². The third kappa shape index (κ3) is 6.32. The van der Waals surface area contributed by atoms with Crippen molar-refractivity contribution in [3.8, 4) is 11.5 Å². The number of ether oxygens (including phenoxy) is 1. The highest BCUT2D eigenvalue weighted by Gasteiger charge is 2.11. The molecule has 0 aromatic heterocycles. The highest BCUT2D eigenvalue weighted by atomic mass is 16.5. The van der Waals surface area contributed by atoms with Crippen LogP contribution in [-0.4, -0.2) is 18.4 Å². The monoisotopic (exact) mass is 362 g/mol. The molecule has 0 atom stereocenters. The van der Waals surface area contributed by atoms with Gasteiger partial charge >= 0.3 is 0 Å². The summed E-state index contributed by atoms with van der Waals surface area (Å²) >= 11 is 0. The summed E-state index contributed by atoms with van der Waals surface area (Å²) in [6.45, 7) is 5.28. The van der Waals surface area contributed by atoms with Crippen LogP contribution in [0, 0.1) is 0 Å². The molecule has 2 amide bonds. The fourth-order valence-corrected chi connectivity index (χ4v) is 2.17. The lowest BCUT2D eigenvalue weighted by molar-refractivity contribution is -0.121. The van der Waals surface area contributed by atoms with Gasteiger partial charge in [0.05, 0.1) is 12.2 Å². The van der Waals surface area contributed by atoms with Crippen molar-refractivity contribution in [2.45, 2.75) is 6.92 Å². The molecule has 0 aliphatic heterocycles. The van der Waals surface area contributed by atoms with E-state index in [0.717, 1.165) is 0 Å². The average molecular weight is 362 g/mol. The Hall–Kier alpha value is -3.60. The molecule has 0 unspecified atom stereocenters. The Bertz CT molecular complexity index is 855. The molecule has 5 nitrogen and oxygen atoms in total. The Morgan fingerprint density at radius 1 is 1.07 bits per heavy atom. The summed E-state index contributed by atoms with van der Waals surface area (Å²) in [6, 6.07) is 16.4. The first-order valence-electron chi connectivity index (χ1n) is 8.49. The van der Waals surface area contributed by atoms with Crippen molar-refractivity contribution in [1.82, 2.24) is 5.32 Å². The first-order valence-corrected chi connectivity index (χ1v) is 8.49. The average Bonchev–Trinajstić information content (AvgIpc) is 2.69. The molecule has 2 rings (SSSR count). The molecular formula is C22H22N2O3. The van der Waals surface area contributed by atoms with Crippen LogP contribution in [0.25, 0.3) is 0 Å². The van der Waals surface area contributed by atoms with E-state index in [2.05, 4.69) is 17.2 Å². The molecule has 0 aliphatic rings. The second-order valence-corrected chi connectivity index (χ2v) is 5.49. The maximum atomic E-state index is 12.2. The first-order chi connectivity index (χ1) is 13.1. The summed E-state index contributed by atoms with van der Waals surface area (Å²) < 4.78 is 5.80. The second kappa shape index (κ2) is 10.4. The fraction of sp³-hybridized carbons (Fsp3) is 0.0909. The van der Waals surface area contributed by atoms with Crippen LogP contribution in [-0.2, 0) is 9.59 Å². The summed E-state index contributed by atoms with van der Waals surface area (Å²) in [5.74, 6) is 0.453. The number of carbonyl (C=O) groups excluding carboxylic acids is 2. The zero-order chi connectivity index (χ0) is 19.5. The van der Waals surface area contributed by atoms with Crippen molar-refractivity contribution in [1.29, 1.82) is 0 Å². The number of rotatable bonds is 8. The van der Waals surface area contributed by atoms with Gasteiger partial charge in [-0.3, -0.25) is 9.59 Å². The molecule has 2 aromatic rings. The van der Waals surface area contributed by atoms with E-state index in [1.807, 2.05) is 43.3 Å². The lowest BCUT2D eigenvalue weighted by atomic mass is 10.2. The first kappa shape index (κ1) is 19.7. The van der Waals surface area contributed by atoms with Crippen LogP contribution < -0.4 is 15.4 Å². The van der Waals surface area contributed by atoms with E-state index in [-0.39, 0.29) is 18.4 Å². The summed E-state index contributed by atoms with van der Waals surface area (Å²) in [5.41, 5.74) is 0.905. The molecule has 0 saturated carbocycles. The molecular weight excluding hydrogens is 340 g/mol.